The highest BCUT2D eigenvalue weighted by atomic mass is 28.4. The van der Waals surface area contributed by atoms with Crippen molar-refractivity contribution in [1.82, 2.24) is 4.90 Å². The molecule has 3 aromatic carbocycles. The quantitative estimate of drug-likeness (QED) is 0.215. The standard InChI is InChI=1S/C32H43NO4Si/c1-31(2,3)37-30(34)33(24-26-35-27-17-10-7-11-18-27)23-16-25-36-38(32(4,5)6,28-19-12-8-13-20-28)29-21-14-9-15-22-29/h7-15,17-22H,16,23-26H2,1-6H3. The number of hydrogen-bond acceptors (Lipinski definition) is 4. The first-order valence-electron chi connectivity index (χ1n) is 13.4. The van der Waals surface area contributed by atoms with Crippen molar-refractivity contribution >= 4 is 24.8 Å². The van der Waals surface area contributed by atoms with Crippen LogP contribution in [0.1, 0.15) is 48.0 Å². The molecule has 3 aromatic rings. The Kier molecular flexibility index (Phi) is 10.2. The third-order valence-electron chi connectivity index (χ3n) is 6.33. The lowest BCUT2D eigenvalue weighted by molar-refractivity contribution is 0.0217. The molecule has 38 heavy (non-hydrogen) atoms. The normalized spacial score (nSPS) is 12.2. The van der Waals surface area contributed by atoms with Gasteiger partial charge in [-0.1, -0.05) is 99.6 Å². The Balaban J connectivity index is 1.74. The van der Waals surface area contributed by atoms with Crippen LogP contribution in [0.4, 0.5) is 4.79 Å². The van der Waals surface area contributed by atoms with Crippen LogP contribution in [0, 0.1) is 0 Å². The van der Waals surface area contributed by atoms with Crippen LogP contribution in [0.15, 0.2) is 91.0 Å². The van der Waals surface area contributed by atoms with Gasteiger partial charge in [0.2, 0.25) is 0 Å². The molecular weight excluding hydrogens is 490 g/mol. The predicted octanol–water partition coefficient (Wildman–Crippen LogP) is 6.27. The van der Waals surface area contributed by atoms with Gasteiger partial charge in [0.05, 0.1) is 6.54 Å². The van der Waals surface area contributed by atoms with Gasteiger partial charge < -0.3 is 18.8 Å². The minimum Gasteiger partial charge on any atom is -0.492 e. The Morgan fingerprint density at radius 2 is 1.21 bits per heavy atom. The molecule has 0 saturated heterocycles. The molecule has 0 radical (unpaired) electrons. The second kappa shape index (κ2) is 13.1. The zero-order chi connectivity index (χ0) is 27.7. The first-order chi connectivity index (χ1) is 18.0. The molecule has 3 rings (SSSR count). The topological polar surface area (TPSA) is 48.0 Å². The Bertz CT molecular complexity index is 1070. The SMILES string of the molecule is CC(C)(C)OC(=O)N(CCCO[Si](c1ccccc1)(c1ccccc1)C(C)(C)C)CCOc1ccccc1. The Morgan fingerprint density at radius 1 is 0.711 bits per heavy atom. The number of para-hydroxylation sites is 1. The summed E-state index contributed by atoms with van der Waals surface area (Å²) >= 11 is 0. The molecule has 0 aliphatic rings. The molecule has 1 amide bonds. The van der Waals surface area contributed by atoms with Crippen LogP contribution in [-0.4, -0.2) is 51.2 Å². The van der Waals surface area contributed by atoms with Gasteiger partial charge in [0, 0.05) is 13.2 Å². The molecule has 0 aliphatic carbocycles. The van der Waals surface area contributed by atoms with Crippen LogP contribution in [0.5, 0.6) is 5.75 Å². The fraction of sp³-hybridized carbons (Fsp3) is 0.406. The second-order valence-corrected chi connectivity index (χ2v) is 15.8. The zero-order valence-electron chi connectivity index (χ0n) is 23.8. The number of nitrogens with zero attached hydrogens (tertiary/aromatic N) is 1. The van der Waals surface area contributed by atoms with E-state index < -0.39 is 13.9 Å². The summed E-state index contributed by atoms with van der Waals surface area (Å²) in [6, 6.07) is 30.9. The molecule has 0 bridgehead atoms. The molecular formula is C32H43NO4Si. The smallest absolute Gasteiger partial charge is 0.410 e. The van der Waals surface area contributed by atoms with E-state index in [0.717, 1.165) is 5.75 Å². The highest BCUT2D eigenvalue weighted by Crippen LogP contribution is 2.36. The van der Waals surface area contributed by atoms with Crippen molar-refractivity contribution in [1.29, 1.82) is 0 Å². The van der Waals surface area contributed by atoms with E-state index in [9.17, 15) is 4.79 Å². The third-order valence-corrected chi connectivity index (χ3v) is 11.4. The van der Waals surface area contributed by atoms with Crippen LogP contribution >= 0.6 is 0 Å². The van der Waals surface area contributed by atoms with Gasteiger partial charge in [-0.15, -0.1) is 0 Å². The molecule has 0 atom stereocenters. The summed E-state index contributed by atoms with van der Waals surface area (Å²) in [5.41, 5.74) is -0.568. The zero-order valence-corrected chi connectivity index (χ0v) is 24.8. The van der Waals surface area contributed by atoms with Crippen LogP contribution in [0.2, 0.25) is 5.04 Å². The first-order valence-corrected chi connectivity index (χ1v) is 15.3. The maximum Gasteiger partial charge on any atom is 0.410 e. The van der Waals surface area contributed by atoms with E-state index >= 15 is 0 Å². The van der Waals surface area contributed by atoms with Crippen LogP contribution in [0.25, 0.3) is 0 Å². The third kappa shape index (κ3) is 7.95. The Hall–Kier alpha value is -3.09. The van der Waals surface area contributed by atoms with E-state index in [1.54, 1.807) is 4.90 Å². The van der Waals surface area contributed by atoms with Crippen molar-refractivity contribution in [3.8, 4) is 5.75 Å². The first kappa shape index (κ1) is 29.5. The lowest BCUT2D eigenvalue weighted by atomic mass is 10.2. The highest BCUT2D eigenvalue weighted by molar-refractivity contribution is 6.99. The van der Waals surface area contributed by atoms with Gasteiger partial charge in [-0.05, 0) is 54.7 Å². The van der Waals surface area contributed by atoms with Gasteiger partial charge in [-0.3, -0.25) is 0 Å². The molecule has 0 aliphatic heterocycles. The summed E-state index contributed by atoms with van der Waals surface area (Å²) in [4.78, 5) is 14.7. The summed E-state index contributed by atoms with van der Waals surface area (Å²) in [6.07, 6.45) is 0.356. The number of hydrogen-bond donors (Lipinski definition) is 0. The number of carbonyl (C=O) groups excluding carboxylic acids is 1. The number of carbonyl (C=O) groups is 1. The maximum absolute atomic E-state index is 13.0. The largest absolute Gasteiger partial charge is 0.492 e. The van der Waals surface area contributed by atoms with Gasteiger partial charge in [0.15, 0.2) is 0 Å². The fourth-order valence-electron chi connectivity index (χ4n) is 4.65. The van der Waals surface area contributed by atoms with Gasteiger partial charge in [0.25, 0.3) is 8.32 Å². The van der Waals surface area contributed by atoms with Crippen molar-refractivity contribution in [2.24, 2.45) is 0 Å². The van der Waals surface area contributed by atoms with Gasteiger partial charge in [-0.2, -0.15) is 0 Å². The van der Waals surface area contributed by atoms with Crippen LogP contribution in [-0.2, 0) is 9.16 Å². The van der Waals surface area contributed by atoms with Crippen molar-refractivity contribution in [3.63, 3.8) is 0 Å². The highest BCUT2D eigenvalue weighted by Gasteiger charge is 2.50. The summed E-state index contributed by atoms with van der Waals surface area (Å²) in [5.74, 6) is 0.784. The van der Waals surface area contributed by atoms with E-state index in [0.29, 0.717) is 32.7 Å². The summed E-state index contributed by atoms with van der Waals surface area (Å²) < 4.78 is 18.6. The predicted molar refractivity (Wildman–Crippen MR) is 158 cm³/mol. The van der Waals surface area contributed by atoms with Crippen LogP contribution < -0.4 is 15.1 Å². The van der Waals surface area contributed by atoms with E-state index in [1.165, 1.54) is 10.4 Å². The van der Waals surface area contributed by atoms with Gasteiger partial charge in [-0.25, -0.2) is 4.79 Å². The van der Waals surface area contributed by atoms with E-state index in [2.05, 4.69) is 69.3 Å². The molecule has 0 aromatic heterocycles. The lowest BCUT2D eigenvalue weighted by Crippen LogP contribution is -2.66. The monoisotopic (exact) mass is 533 g/mol. The van der Waals surface area contributed by atoms with E-state index in [1.807, 2.05) is 63.2 Å². The molecule has 6 heteroatoms. The summed E-state index contributed by atoms with van der Waals surface area (Å²) in [7, 11) is -2.62. The number of ether oxygens (including phenoxy) is 2. The summed E-state index contributed by atoms with van der Waals surface area (Å²) in [5, 5.41) is 2.40. The molecule has 204 valence electrons. The van der Waals surface area contributed by atoms with Crippen molar-refractivity contribution in [2.45, 2.75) is 58.6 Å². The molecule has 5 nitrogen and oxygen atoms in total. The molecule has 0 fully saturated rings. The minimum atomic E-state index is -2.62. The average Bonchev–Trinajstić information content (AvgIpc) is 2.87. The molecule has 0 spiro atoms. The fourth-order valence-corrected chi connectivity index (χ4v) is 9.26. The molecule has 0 unspecified atom stereocenters. The van der Waals surface area contributed by atoms with Crippen molar-refractivity contribution in [2.75, 3.05) is 26.3 Å². The van der Waals surface area contributed by atoms with Crippen molar-refractivity contribution < 1.29 is 18.7 Å². The number of rotatable bonds is 11. The average molecular weight is 534 g/mol. The Labute approximate surface area is 229 Å². The molecule has 0 saturated carbocycles. The van der Waals surface area contributed by atoms with Crippen molar-refractivity contribution in [3.05, 3.63) is 91.0 Å². The number of amides is 1. The van der Waals surface area contributed by atoms with Gasteiger partial charge >= 0.3 is 6.09 Å². The Morgan fingerprint density at radius 3 is 1.68 bits per heavy atom. The second-order valence-electron chi connectivity index (χ2n) is 11.5. The van der Waals surface area contributed by atoms with Gasteiger partial charge in [0.1, 0.15) is 18.0 Å². The molecule has 0 N–H and O–H groups in total. The van der Waals surface area contributed by atoms with E-state index in [-0.39, 0.29) is 11.1 Å². The molecule has 0 heterocycles. The lowest BCUT2D eigenvalue weighted by Gasteiger charge is -2.43. The number of benzene rings is 3. The maximum atomic E-state index is 13.0. The summed E-state index contributed by atoms with van der Waals surface area (Å²) in [6.45, 7) is 14.3. The van der Waals surface area contributed by atoms with E-state index in [4.69, 9.17) is 13.9 Å². The van der Waals surface area contributed by atoms with Crippen LogP contribution in [0.3, 0.4) is 0 Å². The minimum absolute atomic E-state index is 0.0932.